The molecule has 0 bridgehead atoms. The first-order valence-electron chi connectivity index (χ1n) is 5.23. The SMILES string of the molecule is CCC(=O)Nc1cc(C)cn2c(C)nnc12. The second kappa shape index (κ2) is 3.92. The molecule has 0 radical (unpaired) electrons. The predicted molar refractivity (Wildman–Crippen MR) is 61.4 cm³/mol. The number of hydrogen-bond acceptors (Lipinski definition) is 3. The molecule has 0 saturated carbocycles. The van der Waals surface area contributed by atoms with Crippen LogP contribution in [0.3, 0.4) is 0 Å². The van der Waals surface area contributed by atoms with Gasteiger partial charge in [0.05, 0.1) is 5.69 Å². The summed E-state index contributed by atoms with van der Waals surface area (Å²) < 4.78 is 1.88. The van der Waals surface area contributed by atoms with Crippen LogP contribution in [0.2, 0.25) is 0 Å². The molecule has 2 aromatic rings. The number of aromatic nitrogens is 3. The lowest BCUT2D eigenvalue weighted by Gasteiger charge is -2.06. The Kier molecular flexibility index (Phi) is 2.60. The Balaban J connectivity index is 2.55. The molecule has 0 aliphatic heterocycles. The summed E-state index contributed by atoms with van der Waals surface area (Å²) in [6.07, 6.45) is 2.40. The zero-order valence-corrected chi connectivity index (χ0v) is 9.61. The number of anilines is 1. The highest BCUT2D eigenvalue weighted by Gasteiger charge is 2.09. The fourth-order valence-corrected chi connectivity index (χ4v) is 1.57. The molecule has 0 aliphatic rings. The number of aryl methyl sites for hydroxylation is 2. The van der Waals surface area contributed by atoms with Crippen molar-refractivity contribution in [3.05, 3.63) is 23.7 Å². The minimum atomic E-state index is -0.0202. The van der Waals surface area contributed by atoms with Crippen molar-refractivity contribution in [3.63, 3.8) is 0 Å². The van der Waals surface area contributed by atoms with Gasteiger partial charge in [0, 0.05) is 12.6 Å². The molecule has 2 aromatic heterocycles. The summed E-state index contributed by atoms with van der Waals surface area (Å²) in [6, 6.07) is 1.90. The van der Waals surface area contributed by atoms with Gasteiger partial charge in [-0.2, -0.15) is 0 Å². The molecule has 2 rings (SSSR count). The molecule has 0 spiro atoms. The first-order chi connectivity index (χ1) is 7.61. The van der Waals surface area contributed by atoms with Crippen molar-refractivity contribution in [3.8, 4) is 0 Å². The third-order valence-electron chi connectivity index (χ3n) is 2.41. The van der Waals surface area contributed by atoms with Crippen LogP contribution in [0, 0.1) is 13.8 Å². The Morgan fingerprint density at radius 3 is 2.88 bits per heavy atom. The summed E-state index contributed by atoms with van der Waals surface area (Å²) in [5.74, 6) is 0.791. The van der Waals surface area contributed by atoms with E-state index in [1.807, 2.05) is 37.4 Å². The van der Waals surface area contributed by atoms with Gasteiger partial charge in [-0.3, -0.25) is 9.20 Å². The number of fused-ring (bicyclic) bond motifs is 1. The van der Waals surface area contributed by atoms with Crippen molar-refractivity contribution in [1.82, 2.24) is 14.6 Å². The van der Waals surface area contributed by atoms with Crippen molar-refractivity contribution in [1.29, 1.82) is 0 Å². The van der Waals surface area contributed by atoms with E-state index in [1.54, 1.807) is 0 Å². The number of carbonyl (C=O) groups is 1. The molecule has 2 heterocycles. The second-order valence-electron chi connectivity index (χ2n) is 3.77. The average molecular weight is 218 g/mol. The lowest BCUT2D eigenvalue weighted by atomic mass is 10.2. The Labute approximate surface area is 93.5 Å². The van der Waals surface area contributed by atoms with E-state index in [4.69, 9.17) is 0 Å². The summed E-state index contributed by atoms with van der Waals surface area (Å²) >= 11 is 0. The van der Waals surface area contributed by atoms with Crippen LogP contribution in [0.1, 0.15) is 24.7 Å². The van der Waals surface area contributed by atoms with Crippen molar-refractivity contribution >= 4 is 17.2 Å². The van der Waals surface area contributed by atoms with E-state index < -0.39 is 0 Å². The fraction of sp³-hybridized carbons (Fsp3) is 0.364. The van der Waals surface area contributed by atoms with E-state index in [1.165, 1.54) is 0 Å². The number of carbonyl (C=O) groups excluding carboxylic acids is 1. The van der Waals surface area contributed by atoms with Crippen LogP contribution >= 0.6 is 0 Å². The zero-order valence-electron chi connectivity index (χ0n) is 9.61. The number of rotatable bonds is 2. The van der Waals surface area contributed by atoms with Crippen LogP contribution in [-0.4, -0.2) is 20.5 Å². The van der Waals surface area contributed by atoms with Gasteiger partial charge in [-0.25, -0.2) is 0 Å². The molecule has 0 atom stereocenters. The summed E-state index contributed by atoms with van der Waals surface area (Å²) in [4.78, 5) is 11.4. The standard InChI is InChI=1S/C11H14N4O/c1-4-10(16)12-9-5-7(2)6-15-8(3)13-14-11(9)15/h5-6H,4H2,1-3H3,(H,12,16). The molecule has 0 aliphatic carbocycles. The Morgan fingerprint density at radius 2 is 2.19 bits per heavy atom. The predicted octanol–water partition coefficient (Wildman–Crippen LogP) is 1.69. The number of pyridine rings is 1. The molecule has 0 saturated heterocycles. The van der Waals surface area contributed by atoms with Gasteiger partial charge < -0.3 is 5.32 Å². The second-order valence-corrected chi connectivity index (χ2v) is 3.77. The van der Waals surface area contributed by atoms with Crippen LogP contribution < -0.4 is 5.32 Å². The van der Waals surface area contributed by atoms with E-state index in [0.717, 1.165) is 11.4 Å². The minimum absolute atomic E-state index is 0.0202. The Hall–Kier alpha value is -1.91. The molecule has 0 unspecified atom stereocenters. The van der Waals surface area contributed by atoms with E-state index in [0.29, 0.717) is 17.8 Å². The Bertz CT molecular complexity index is 544. The number of nitrogens with zero attached hydrogens (tertiary/aromatic N) is 3. The molecule has 1 amide bonds. The molecule has 0 aromatic carbocycles. The van der Waals surface area contributed by atoms with Crippen LogP contribution in [0.5, 0.6) is 0 Å². The van der Waals surface area contributed by atoms with Gasteiger partial charge in [-0.1, -0.05) is 6.92 Å². The van der Waals surface area contributed by atoms with Crippen molar-refractivity contribution < 1.29 is 4.79 Å². The molecule has 0 fully saturated rings. The van der Waals surface area contributed by atoms with Gasteiger partial charge in [0.2, 0.25) is 5.91 Å². The highest BCUT2D eigenvalue weighted by molar-refractivity contribution is 5.94. The smallest absolute Gasteiger partial charge is 0.224 e. The monoisotopic (exact) mass is 218 g/mol. The van der Waals surface area contributed by atoms with E-state index in [2.05, 4.69) is 15.5 Å². The lowest BCUT2D eigenvalue weighted by molar-refractivity contribution is -0.115. The van der Waals surface area contributed by atoms with Gasteiger partial charge in [0.1, 0.15) is 5.82 Å². The average Bonchev–Trinajstić information content (AvgIpc) is 2.60. The van der Waals surface area contributed by atoms with Crippen LogP contribution in [0.15, 0.2) is 12.3 Å². The number of nitrogens with one attached hydrogen (secondary N) is 1. The largest absolute Gasteiger partial charge is 0.323 e. The fourth-order valence-electron chi connectivity index (χ4n) is 1.57. The summed E-state index contributed by atoms with van der Waals surface area (Å²) in [7, 11) is 0. The zero-order chi connectivity index (χ0) is 11.7. The normalized spacial score (nSPS) is 10.7. The Morgan fingerprint density at radius 1 is 1.44 bits per heavy atom. The molecule has 5 heteroatoms. The van der Waals surface area contributed by atoms with Gasteiger partial charge >= 0.3 is 0 Å². The molecular weight excluding hydrogens is 204 g/mol. The van der Waals surface area contributed by atoms with E-state index in [-0.39, 0.29) is 5.91 Å². The van der Waals surface area contributed by atoms with Crippen molar-refractivity contribution in [2.75, 3.05) is 5.32 Å². The lowest BCUT2D eigenvalue weighted by Crippen LogP contribution is -2.11. The van der Waals surface area contributed by atoms with Crippen LogP contribution in [-0.2, 0) is 4.79 Å². The maximum atomic E-state index is 11.4. The van der Waals surface area contributed by atoms with E-state index in [9.17, 15) is 4.79 Å². The maximum absolute atomic E-state index is 11.4. The highest BCUT2D eigenvalue weighted by Crippen LogP contribution is 2.18. The summed E-state index contributed by atoms with van der Waals surface area (Å²) in [5, 5.41) is 10.9. The van der Waals surface area contributed by atoms with Gasteiger partial charge in [0.15, 0.2) is 5.65 Å². The highest BCUT2D eigenvalue weighted by atomic mass is 16.1. The van der Waals surface area contributed by atoms with Crippen LogP contribution in [0.4, 0.5) is 5.69 Å². The van der Waals surface area contributed by atoms with Gasteiger partial charge in [-0.05, 0) is 25.5 Å². The summed E-state index contributed by atoms with van der Waals surface area (Å²) in [6.45, 7) is 5.67. The van der Waals surface area contributed by atoms with E-state index >= 15 is 0 Å². The third-order valence-corrected chi connectivity index (χ3v) is 2.41. The van der Waals surface area contributed by atoms with Crippen LogP contribution in [0.25, 0.3) is 5.65 Å². The molecule has 16 heavy (non-hydrogen) atoms. The van der Waals surface area contributed by atoms with Gasteiger partial charge in [-0.15, -0.1) is 10.2 Å². The maximum Gasteiger partial charge on any atom is 0.224 e. The molecule has 1 N–H and O–H groups in total. The first kappa shape index (κ1) is 10.6. The quantitative estimate of drug-likeness (QED) is 0.834. The molecular formula is C11H14N4O. The van der Waals surface area contributed by atoms with Crippen molar-refractivity contribution in [2.45, 2.75) is 27.2 Å². The molecule has 5 nitrogen and oxygen atoms in total. The topological polar surface area (TPSA) is 59.3 Å². The molecule has 84 valence electrons. The number of hydrogen-bond donors (Lipinski definition) is 1. The summed E-state index contributed by atoms with van der Waals surface area (Å²) in [5.41, 5.74) is 2.46. The van der Waals surface area contributed by atoms with Gasteiger partial charge in [0.25, 0.3) is 0 Å². The minimum Gasteiger partial charge on any atom is -0.323 e. The first-order valence-corrected chi connectivity index (χ1v) is 5.23. The third kappa shape index (κ3) is 1.76. The number of amides is 1. The van der Waals surface area contributed by atoms with Crippen molar-refractivity contribution in [2.24, 2.45) is 0 Å².